The molecule has 2 unspecified atom stereocenters. The van der Waals surface area contributed by atoms with Crippen molar-refractivity contribution in [1.82, 2.24) is 4.90 Å². The summed E-state index contributed by atoms with van der Waals surface area (Å²) in [6.45, 7) is 0.766. The fourth-order valence-corrected chi connectivity index (χ4v) is 3.13. The summed E-state index contributed by atoms with van der Waals surface area (Å²) < 4.78 is 27.6. The minimum Gasteiger partial charge on any atom is -0.392 e. The Balaban J connectivity index is 1.91. The van der Waals surface area contributed by atoms with Gasteiger partial charge in [-0.05, 0) is 36.2 Å². The number of aliphatic hydroxyl groups excluding tert-OH is 1. The minimum atomic E-state index is -0.600. The van der Waals surface area contributed by atoms with Gasteiger partial charge in [0.05, 0.1) is 17.7 Å². The van der Waals surface area contributed by atoms with E-state index in [2.05, 4.69) is 6.07 Å². The Morgan fingerprint density at radius 3 is 2.78 bits per heavy atom. The molecule has 2 aromatic carbocycles. The van der Waals surface area contributed by atoms with Gasteiger partial charge in [0, 0.05) is 24.7 Å². The topological polar surface area (TPSA) is 47.3 Å². The molecule has 1 aliphatic rings. The Bertz CT molecular complexity index is 757. The first kappa shape index (κ1) is 15.6. The van der Waals surface area contributed by atoms with E-state index in [0.29, 0.717) is 25.1 Å². The maximum atomic E-state index is 14.1. The molecule has 23 heavy (non-hydrogen) atoms. The molecule has 1 heterocycles. The molecule has 0 aromatic heterocycles. The van der Waals surface area contributed by atoms with Crippen LogP contribution in [0.25, 0.3) is 0 Å². The van der Waals surface area contributed by atoms with Crippen LogP contribution in [0.1, 0.15) is 29.2 Å². The van der Waals surface area contributed by atoms with E-state index in [0.717, 1.165) is 17.7 Å². The summed E-state index contributed by atoms with van der Waals surface area (Å²) in [5.41, 5.74) is 1.61. The van der Waals surface area contributed by atoms with Crippen LogP contribution in [0.15, 0.2) is 42.5 Å². The molecular formula is C18H16F2N2O. The van der Waals surface area contributed by atoms with Crippen molar-refractivity contribution in [2.24, 2.45) is 0 Å². The molecule has 0 spiro atoms. The van der Waals surface area contributed by atoms with E-state index in [9.17, 15) is 19.1 Å². The van der Waals surface area contributed by atoms with Crippen LogP contribution in [0.3, 0.4) is 0 Å². The van der Waals surface area contributed by atoms with Gasteiger partial charge in [-0.2, -0.15) is 5.26 Å². The van der Waals surface area contributed by atoms with E-state index in [1.165, 1.54) is 6.07 Å². The molecule has 0 amide bonds. The highest BCUT2D eigenvalue weighted by Gasteiger charge is 2.34. The first-order valence-corrected chi connectivity index (χ1v) is 7.43. The highest BCUT2D eigenvalue weighted by Crippen LogP contribution is 2.35. The number of nitriles is 1. The van der Waals surface area contributed by atoms with Crippen LogP contribution in [0.2, 0.25) is 0 Å². The molecule has 0 aliphatic carbocycles. The van der Waals surface area contributed by atoms with Crippen molar-refractivity contribution in [3.8, 4) is 6.07 Å². The quantitative estimate of drug-likeness (QED) is 0.947. The molecule has 1 N–H and O–H groups in total. The van der Waals surface area contributed by atoms with Crippen molar-refractivity contribution >= 4 is 0 Å². The fourth-order valence-electron chi connectivity index (χ4n) is 3.13. The average molecular weight is 314 g/mol. The molecule has 0 bridgehead atoms. The van der Waals surface area contributed by atoms with Crippen molar-refractivity contribution < 1.29 is 13.9 Å². The van der Waals surface area contributed by atoms with Gasteiger partial charge in [-0.3, -0.25) is 4.90 Å². The number of halogens is 2. The second-order valence-corrected chi connectivity index (χ2v) is 5.77. The van der Waals surface area contributed by atoms with Crippen molar-refractivity contribution in [2.75, 3.05) is 6.54 Å². The van der Waals surface area contributed by atoms with Crippen LogP contribution in [0.5, 0.6) is 0 Å². The summed E-state index contributed by atoms with van der Waals surface area (Å²) in [4.78, 5) is 1.89. The minimum absolute atomic E-state index is 0.246. The Morgan fingerprint density at radius 1 is 1.22 bits per heavy atom. The zero-order valence-electron chi connectivity index (χ0n) is 12.4. The summed E-state index contributed by atoms with van der Waals surface area (Å²) in [5.74, 6) is -0.982. The van der Waals surface area contributed by atoms with Crippen molar-refractivity contribution in [3.05, 3.63) is 70.8 Å². The first-order valence-electron chi connectivity index (χ1n) is 7.43. The highest BCUT2D eigenvalue weighted by molar-refractivity contribution is 5.37. The van der Waals surface area contributed by atoms with Gasteiger partial charge < -0.3 is 5.11 Å². The lowest BCUT2D eigenvalue weighted by atomic mass is 10.0. The monoisotopic (exact) mass is 314 g/mol. The summed E-state index contributed by atoms with van der Waals surface area (Å²) in [6.07, 6.45) is -0.258. The molecule has 1 saturated heterocycles. The number of rotatable bonds is 3. The average Bonchev–Trinajstić information content (AvgIpc) is 2.90. The third-order valence-corrected chi connectivity index (χ3v) is 4.21. The number of β-amino-alcohol motifs (C(OH)–C–C–N with tert-alkyl or cyclic N) is 1. The van der Waals surface area contributed by atoms with Crippen LogP contribution >= 0.6 is 0 Å². The smallest absolute Gasteiger partial charge is 0.128 e. The Morgan fingerprint density at radius 2 is 2.00 bits per heavy atom. The molecule has 1 aliphatic heterocycles. The van der Waals surface area contributed by atoms with E-state index in [1.54, 1.807) is 12.1 Å². The molecule has 0 saturated carbocycles. The molecule has 3 nitrogen and oxygen atoms in total. The van der Waals surface area contributed by atoms with Crippen LogP contribution < -0.4 is 0 Å². The lowest BCUT2D eigenvalue weighted by Gasteiger charge is -2.25. The van der Waals surface area contributed by atoms with Crippen LogP contribution in [0, 0.1) is 23.0 Å². The number of aliphatic hydroxyl groups is 1. The predicted molar refractivity (Wildman–Crippen MR) is 81.3 cm³/mol. The molecule has 1 fully saturated rings. The van der Waals surface area contributed by atoms with E-state index in [4.69, 9.17) is 0 Å². The van der Waals surface area contributed by atoms with E-state index in [-0.39, 0.29) is 5.56 Å². The number of likely N-dealkylation sites (tertiary alicyclic amines) is 1. The number of hydrogen-bond acceptors (Lipinski definition) is 3. The van der Waals surface area contributed by atoms with Crippen LogP contribution in [-0.4, -0.2) is 22.7 Å². The second kappa shape index (κ2) is 6.45. The van der Waals surface area contributed by atoms with E-state index >= 15 is 0 Å². The van der Waals surface area contributed by atoms with Gasteiger partial charge in [0.2, 0.25) is 0 Å². The van der Waals surface area contributed by atoms with Gasteiger partial charge in [-0.25, -0.2) is 8.78 Å². The van der Waals surface area contributed by atoms with Crippen molar-refractivity contribution in [1.29, 1.82) is 5.26 Å². The molecule has 5 heteroatoms. The molecule has 2 atom stereocenters. The Labute approximate surface area is 133 Å². The molecule has 3 rings (SSSR count). The third-order valence-electron chi connectivity index (χ3n) is 4.21. The predicted octanol–water partition coefficient (Wildman–Crippen LogP) is 3.14. The highest BCUT2D eigenvalue weighted by atomic mass is 19.1. The van der Waals surface area contributed by atoms with Gasteiger partial charge >= 0.3 is 0 Å². The van der Waals surface area contributed by atoms with Crippen molar-refractivity contribution in [3.63, 3.8) is 0 Å². The van der Waals surface area contributed by atoms with E-state index < -0.39 is 23.8 Å². The standard InChI is InChI=1S/C18H16F2N2O/c19-14-5-6-17(20)16(7-14)18-8-15(23)11-22(18)10-13-4-2-1-3-12(13)9-21/h1-7,15,18,23H,8,10-11H2. The van der Waals surface area contributed by atoms with E-state index in [1.807, 2.05) is 17.0 Å². The third kappa shape index (κ3) is 3.24. The van der Waals surface area contributed by atoms with Gasteiger partial charge in [0.15, 0.2) is 0 Å². The summed E-state index contributed by atoms with van der Waals surface area (Å²) in [5, 5.41) is 19.2. The number of benzene rings is 2. The summed E-state index contributed by atoms with van der Waals surface area (Å²) in [6, 6.07) is 12.3. The number of hydrogen-bond donors (Lipinski definition) is 1. The zero-order chi connectivity index (χ0) is 16.4. The summed E-state index contributed by atoms with van der Waals surface area (Å²) >= 11 is 0. The fraction of sp³-hybridized carbons (Fsp3) is 0.278. The Kier molecular flexibility index (Phi) is 4.37. The molecule has 2 aromatic rings. The zero-order valence-corrected chi connectivity index (χ0v) is 12.4. The summed E-state index contributed by atoms with van der Waals surface area (Å²) in [7, 11) is 0. The van der Waals surface area contributed by atoms with Gasteiger partial charge in [0.25, 0.3) is 0 Å². The lowest BCUT2D eigenvalue weighted by molar-refractivity contribution is 0.172. The first-order chi connectivity index (χ1) is 11.1. The SMILES string of the molecule is N#Cc1ccccc1CN1CC(O)CC1c1cc(F)ccc1F. The maximum Gasteiger partial charge on any atom is 0.128 e. The normalized spacial score (nSPS) is 21.3. The molecule has 0 radical (unpaired) electrons. The number of nitrogens with zero attached hydrogens (tertiary/aromatic N) is 2. The van der Waals surface area contributed by atoms with Gasteiger partial charge in [-0.1, -0.05) is 18.2 Å². The van der Waals surface area contributed by atoms with Crippen LogP contribution in [0.4, 0.5) is 8.78 Å². The van der Waals surface area contributed by atoms with Crippen molar-refractivity contribution in [2.45, 2.75) is 25.1 Å². The maximum absolute atomic E-state index is 14.1. The lowest BCUT2D eigenvalue weighted by Crippen LogP contribution is -2.25. The largest absolute Gasteiger partial charge is 0.392 e. The van der Waals surface area contributed by atoms with Gasteiger partial charge in [0.1, 0.15) is 11.6 Å². The molecular weight excluding hydrogens is 298 g/mol. The Hall–Kier alpha value is -2.29. The molecule has 118 valence electrons. The second-order valence-electron chi connectivity index (χ2n) is 5.77. The van der Waals surface area contributed by atoms with Crippen LogP contribution in [-0.2, 0) is 6.54 Å². The van der Waals surface area contributed by atoms with Gasteiger partial charge in [-0.15, -0.1) is 0 Å².